The molecule has 5 nitrogen and oxygen atoms in total. The van der Waals surface area contributed by atoms with Gasteiger partial charge in [-0.3, -0.25) is 4.79 Å². The van der Waals surface area contributed by atoms with Gasteiger partial charge in [-0.25, -0.2) is 0 Å². The van der Waals surface area contributed by atoms with Crippen LogP contribution in [0, 0.1) is 0 Å². The molecule has 1 aliphatic rings. The molecule has 31 heavy (non-hydrogen) atoms. The fourth-order valence-corrected chi connectivity index (χ4v) is 4.20. The van der Waals surface area contributed by atoms with Crippen LogP contribution < -0.4 is 4.90 Å². The Labute approximate surface area is 181 Å². The minimum atomic E-state index is 0.0874. The molecule has 0 fully saturated rings. The summed E-state index contributed by atoms with van der Waals surface area (Å²) in [5.41, 5.74) is 5.44. The maximum absolute atomic E-state index is 12.9. The zero-order valence-electron chi connectivity index (χ0n) is 17.4. The molecule has 0 saturated carbocycles. The number of carbonyl (C=O) groups excluding carboxylic acids is 1. The minimum Gasteiger partial charge on any atom is -0.339 e. The Kier molecular flexibility index (Phi) is 5.08. The van der Waals surface area contributed by atoms with E-state index in [0.717, 1.165) is 23.2 Å². The molecule has 4 aromatic rings. The van der Waals surface area contributed by atoms with Crippen LogP contribution in [0.2, 0.25) is 0 Å². The Morgan fingerprint density at radius 2 is 1.61 bits per heavy atom. The fraction of sp³-hybridized carbons (Fsp3) is 0.192. The summed E-state index contributed by atoms with van der Waals surface area (Å²) in [6.45, 7) is 2.09. The molecular formula is C26H23N3O2. The second kappa shape index (κ2) is 8.19. The summed E-state index contributed by atoms with van der Waals surface area (Å²) in [5.74, 6) is 1.11. The smallest absolute Gasteiger partial charge is 0.227 e. The Balaban J connectivity index is 1.25. The third-order valence-electron chi connectivity index (χ3n) is 5.75. The number of hydrogen-bond acceptors (Lipinski definition) is 4. The van der Waals surface area contributed by atoms with Crippen molar-refractivity contribution in [1.82, 2.24) is 10.1 Å². The highest BCUT2D eigenvalue weighted by Gasteiger charge is 2.30. The molecule has 0 saturated heterocycles. The van der Waals surface area contributed by atoms with Crippen molar-refractivity contribution < 1.29 is 9.32 Å². The molecule has 0 N–H and O–H groups in total. The fourth-order valence-electron chi connectivity index (χ4n) is 4.20. The molecule has 5 rings (SSSR count). The van der Waals surface area contributed by atoms with Gasteiger partial charge in [-0.1, -0.05) is 78.0 Å². The van der Waals surface area contributed by atoms with Gasteiger partial charge >= 0.3 is 0 Å². The maximum atomic E-state index is 12.9. The third kappa shape index (κ3) is 3.87. The van der Waals surface area contributed by atoms with Gasteiger partial charge in [0.25, 0.3) is 0 Å². The largest absolute Gasteiger partial charge is 0.339 e. The summed E-state index contributed by atoms with van der Waals surface area (Å²) >= 11 is 0. The second-order valence-corrected chi connectivity index (χ2v) is 7.90. The van der Waals surface area contributed by atoms with E-state index in [1.807, 2.05) is 53.4 Å². The SMILES string of the molecule is C[C@H]1Cc2ccccc2N1C(=O)CCc1nc(-c2ccc(-c3ccccc3)cc2)no1. The number of aryl methyl sites for hydroxylation is 1. The number of hydrogen-bond donors (Lipinski definition) is 0. The maximum Gasteiger partial charge on any atom is 0.227 e. The molecule has 0 bridgehead atoms. The Hall–Kier alpha value is -3.73. The van der Waals surface area contributed by atoms with Gasteiger partial charge in [0, 0.05) is 30.1 Å². The van der Waals surface area contributed by atoms with E-state index < -0.39 is 0 Å². The molecule has 1 amide bonds. The summed E-state index contributed by atoms with van der Waals surface area (Å²) in [6, 6.07) is 26.6. The summed E-state index contributed by atoms with van der Waals surface area (Å²) in [4.78, 5) is 19.3. The first kappa shape index (κ1) is 19.2. The van der Waals surface area contributed by atoms with Gasteiger partial charge in [-0.05, 0) is 36.1 Å². The van der Waals surface area contributed by atoms with Crippen LogP contribution in [0.5, 0.6) is 0 Å². The van der Waals surface area contributed by atoms with Crippen LogP contribution in [0.1, 0.15) is 24.8 Å². The highest BCUT2D eigenvalue weighted by molar-refractivity contribution is 5.96. The van der Waals surface area contributed by atoms with Gasteiger partial charge in [0.05, 0.1) is 0 Å². The van der Waals surface area contributed by atoms with Crippen LogP contribution in [0.3, 0.4) is 0 Å². The van der Waals surface area contributed by atoms with E-state index in [0.29, 0.717) is 24.6 Å². The lowest BCUT2D eigenvalue weighted by atomic mass is 10.0. The zero-order valence-corrected chi connectivity index (χ0v) is 17.4. The van der Waals surface area contributed by atoms with E-state index in [1.54, 1.807) is 0 Å². The highest BCUT2D eigenvalue weighted by atomic mass is 16.5. The van der Waals surface area contributed by atoms with Crippen molar-refractivity contribution in [1.29, 1.82) is 0 Å². The van der Waals surface area contributed by atoms with Crippen LogP contribution in [-0.4, -0.2) is 22.1 Å². The molecule has 0 unspecified atom stereocenters. The van der Waals surface area contributed by atoms with Gasteiger partial charge in [-0.15, -0.1) is 0 Å². The molecule has 0 spiro atoms. The van der Waals surface area contributed by atoms with Crippen molar-refractivity contribution >= 4 is 11.6 Å². The number of aromatic nitrogens is 2. The number of rotatable bonds is 5. The van der Waals surface area contributed by atoms with Crippen LogP contribution in [0.4, 0.5) is 5.69 Å². The molecule has 5 heteroatoms. The summed E-state index contributed by atoms with van der Waals surface area (Å²) < 4.78 is 5.41. The van der Waals surface area contributed by atoms with E-state index in [4.69, 9.17) is 4.52 Å². The standard InChI is InChI=1S/C26H23N3O2/c1-18-17-22-9-5-6-10-23(22)29(18)25(30)16-15-24-27-26(28-31-24)21-13-11-20(12-14-21)19-7-3-2-4-8-19/h2-14,18H,15-17H2,1H3/t18-/m0/s1. The van der Waals surface area contributed by atoms with E-state index in [-0.39, 0.29) is 11.9 Å². The molecule has 3 aromatic carbocycles. The first-order chi connectivity index (χ1) is 15.2. The van der Waals surface area contributed by atoms with Crippen LogP contribution in [0.15, 0.2) is 83.4 Å². The van der Waals surface area contributed by atoms with Crippen LogP contribution in [-0.2, 0) is 17.6 Å². The predicted octanol–water partition coefficient (Wildman–Crippen LogP) is 5.31. The van der Waals surface area contributed by atoms with Crippen molar-refractivity contribution in [3.63, 3.8) is 0 Å². The number of fused-ring (bicyclic) bond motifs is 1. The van der Waals surface area contributed by atoms with Gasteiger partial charge < -0.3 is 9.42 Å². The summed E-state index contributed by atoms with van der Waals surface area (Å²) in [6.07, 6.45) is 1.66. The van der Waals surface area contributed by atoms with Crippen molar-refractivity contribution in [2.24, 2.45) is 0 Å². The molecule has 154 valence electrons. The molecule has 0 radical (unpaired) electrons. The molecule has 0 aliphatic carbocycles. The van der Waals surface area contributed by atoms with Crippen LogP contribution >= 0.6 is 0 Å². The highest BCUT2D eigenvalue weighted by Crippen LogP contribution is 2.32. The van der Waals surface area contributed by atoms with E-state index in [1.165, 1.54) is 11.1 Å². The average molecular weight is 409 g/mol. The number of carbonyl (C=O) groups is 1. The minimum absolute atomic E-state index is 0.0874. The Bertz CT molecular complexity index is 1200. The van der Waals surface area contributed by atoms with E-state index in [2.05, 4.69) is 47.4 Å². The van der Waals surface area contributed by atoms with Crippen molar-refractivity contribution in [3.05, 3.63) is 90.3 Å². The van der Waals surface area contributed by atoms with Crippen LogP contribution in [0.25, 0.3) is 22.5 Å². The molecule has 1 aromatic heterocycles. The summed E-state index contributed by atoms with van der Waals surface area (Å²) in [7, 11) is 0. The third-order valence-corrected chi connectivity index (χ3v) is 5.75. The van der Waals surface area contributed by atoms with Gasteiger partial charge in [0.2, 0.25) is 17.6 Å². The molecular weight excluding hydrogens is 386 g/mol. The van der Waals surface area contributed by atoms with Crippen molar-refractivity contribution in [3.8, 4) is 22.5 Å². The van der Waals surface area contributed by atoms with Gasteiger partial charge in [-0.2, -0.15) is 4.98 Å². The number of amides is 1. The summed E-state index contributed by atoms with van der Waals surface area (Å²) in [5, 5.41) is 4.10. The van der Waals surface area contributed by atoms with E-state index >= 15 is 0 Å². The lowest BCUT2D eigenvalue weighted by molar-refractivity contribution is -0.118. The monoisotopic (exact) mass is 409 g/mol. The lowest BCUT2D eigenvalue weighted by Gasteiger charge is -2.22. The molecule has 1 aliphatic heterocycles. The number of nitrogens with zero attached hydrogens (tertiary/aromatic N) is 3. The first-order valence-electron chi connectivity index (χ1n) is 10.6. The van der Waals surface area contributed by atoms with E-state index in [9.17, 15) is 4.79 Å². The van der Waals surface area contributed by atoms with Gasteiger partial charge in [0.1, 0.15) is 0 Å². The number of anilines is 1. The second-order valence-electron chi connectivity index (χ2n) is 7.90. The van der Waals surface area contributed by atoms with Crippen molar-refractivity contribution in [2.45, 2.75) is 32.2 Å². The topological polar surface area (TPSA) is 59.2 Å². The first-order valence-corrected chi connectivity index (χ1v) is 10.6. The quantitative estimate of drug-likeness (QED) is 0.448. The Morgan fingerprint density at radius 3 is 2.42 bits per heavy atom. The number of para-hydroxylation sites is 1. The Morgan fingerprint density at radius 1 is 0.935 bits per heavy atom. The predicted molar refractivity (Wildman–Crippen MR) is 121 cm³/mol. The lowest BCUT2D eigenvalue weighted by Crippen LogP contribution is -2.35. The average Bonchev–Trinajstić information content (AvgIpc) is 3.42. The normalized spacial score (nSPS) is 15.1. The number of benzene rings is 3. The van der Waals surface area contributed by atoms with Crippen molar-refractivity contribution in [2.75, 3.05) is 4.90 Å². The molecule has 2 heterocycles. The molecule has 1 atom stereocenters. The zero-order chi connectivity index (χ0) is 21.2. The van der Waals surface area contributed by atoms with Gasteiger partial charge in [0.15, 0.2) is 0 Å².